The minimum atomic E-state index is 0. The normalized spacial score (nSPS) is 33.5. The smallest absolute Gasteiger partial charge is 0.192 e. The van der Waals surface area contributed by atoms with Crippen molar-refractivity contribution in [2.75, 3.05) is 13.1 Å². The molecule has 0 aromatic rings. The molecule has 0 saturated carbocycles. The fourth-order valence-electron chi connectivity index (χ4n) is 1.36. The first-order valence-electron chi connectivity index (χ1n) is 3.46. The van der Waals surface area contributed by atoms with Gasteiger partial charge in [0.15, 0.2) is 5.66 Å². The summed E-state index contributed by atoms with van der Waals surface area (Å²) < 4.78 is 0. The highest BCUT2D eigenvalue weighted by molar-refractivity contribution is 5.85. The maximum absolute atomic E-state index is 4.00. The van der Waals surface area contributed by atoms with Crippen LogP contribution in [0.4, 0.5) is 0 Å². The summed E-state index contributed by atoms with van der Waals surface area (Å²) in [5, 5.41) is 11.3. The molecule has 3 nitrogen and oxygen atoms in total. The lowest BCUT2D eigenvalue weighted by molar-refractivity contribution is 0.431. The lowest BCUT2D eigenvalue weighted by Gasteiger charge is -2.09. The fraction of sp³-hybridized carbons (Fsp3) is 1.00. The second-order valence-electron chi connectivity index (χ2n) is 2.98. The Labute approximate surface area is 66.7 Å². The predicted octanol–water partition coefficient (Wildman–Crippen LogP) is 1.20. The summed E-state index contributed by atoms with van der Waals surface area (Å²) in [4.78, 5) is 0. The Morgan fingerprint density at radius 1 is 1.50 bits per heavy atom. The van der Waals surface area contributed by atoms with Crippen molar-refractivity contribution in [2.24, 2.45) is 16.1 Å². The van der Waals surface area contributed by atoms with Crippen LogP contribution in [0.1, 0.15) is 13.3 Å². The molecule has 1 atom stereocenters. The standard InChI is InChI=1S/C6H11N3.ClH/c1-6(8-9-6)5-2-3-7-4-5;/h5,7H,2-4H2,1H3;1H. The molecule has 0 aromatic heterocycles. The van der Waals surface area contributed by atoms with Gasteiger partial charge in [-0.25, -0.2) is 0 Å². The van der Waals surface area contributed by atoms with E-state index in [1.165, 1.54) is 6.42 Å². The van der Waals surface area contributed by atoms with Gasteiger partial charge in [0.05, 0.1) is 0 Å². The van der Waals surface area contributed by atoms with Gasteiger partial charge >= 0.3 is 0 Å². The molecular formula is C6H12ClN3. The third-order valence-electron chi connectivity index (χ3n) is 2.25. The van der Waals surface area contributed by atoms with Gasteiger partial charge in [0.1, 0.15) is 0 Å². The molecule has 1 saturated heterocycles. The van der Waals surface area contributed by atoms with Gasteiger partial charge in [-0.05, 0) is 19.9 Å². The highest BCUT2D eigenvalue weighted by Gasteiger charge is 2.43. The first kappa shape index (κ1) is 7.95. The molecule has 1 unspecified atom stereocenters. The molecule has 0 bridgehead atoms. The van der Waals surface area contributed by atoms with Crippen LogP contribution >= 0.6 is 12.4 Å². The summed E-state index contributed by atoms with van der Waals surface area (Å²) in [6.45, 7) is 4.35. The average molecular weight is 162 g/mol. The summed E-state index contributed by atoms with van der Waals surface area (Å²) in [7, 11) is 0. The summed E-state index contributed by atoms with van der Waals surface area (Å²) in [5.74, 6) is 0.678. The third kappa shape index (κ3) is 1.16. The maximum Gasteiger partial charge on any atom is 0.192 e. The zero-order valence-corrected chi connectivity index (χ0v) is 6.82. The van der Waals surface area contributed by atoms with E-state index in [0.29, 0.717) is 5.92 Å². The minimum absolute atomic E-state index is 0. The fourth-order valence-corrected chi connectivity index (χ4v) is 1.36. The van der Waals surface area contributed by atoms with Crippen molar-refractivity contribution in [1.82, 2.24) is 5.32 Å². The van der Waals surface area contributed by atoms with E-state index in [0.717, 1.165) is 13.1 Å². The Bertz CT molecular complexity index is 145. The molecule has 0 amide bonds. The van der Waals surface area contributed by atoms with E-state index in [9.17, 15) is 0 Å². The molecule has 2 rings (SSSR count). The van der Waals surface area contributed by atoms with Gasteiger partial charge in [0.2, 0.25) is 0 Å². The topological polar surface area (TPSA) is 36.8 Å². The maximum atomic E-state index is 4.00. The zero-order chi connectivity index (χ0) is 6.32. The molecule has 2 heterocycles. The van der Waals surface area contributed by atoms with Crippen LogP contribution < -0.4 is 5.32 Å². The van der Waals surface area contributed by atoms with Crippen molar-refractivity contribution in [1.29, 1.82) is 0 Å². The average Bonchev–Trinajstić information content (AvgIpc) is 2.46. The summed E-state index contributed by atoms with van der Waals surface area (Å²) in [6.07, 6.45) is 1.24. The van der Waals surface area contributed by atoms with Crippen LogP contribution in [0.2, 0.25) is 0 Å². The molecule has 2 aliphatic heterocycles. The van der Waals surface area contributed by atoms with Crippen molar-refractivity contribution in [2.45, 2.75) is 19.0 Å². The lowest BCUT2D eigenvalue weighted by Crippen LogP contribution is -2.22. The van der Waals surface area contributed by atoms with E-state index in [-0.39, 0.29) is 18.1 Å². The monoisotopic (exact) mass is 161 g/mol. The molecule has 1 fully saturated rings. The van der Waals surface area contributed by atoms with Crippen LogP contribution in [0, 0.1) is 5.92 Å². The second-order valence-corrected chi connectivity index (χ2v) is 2.98. The first-order chi connectivity index (χ1) is 4.31. The van der Waals surface area contributed by atoms with Gasteiger partial charge in [-0.2, -0.15) is 10.2 Å². The van der Waals surface area contributed by atoms with Crippen molar-refractivity contribution >= 4 is 12.4 Å². The molecule has 58 valence electrons. The number of hydrogen-bond acceptors (Lipinski definition) is 3. The molecule has 0 aromatic carbocycles. The highest BCUT2D eigenvalue weighted by atomic mass is 35.5. The number of nitrogens with one attached hydrogen (secondary N) is 1. The van der Waals surface area contributed by atoms with Gasteiger partial charge in [-0.15, -0.1) is 12.4 Å². The summed E-state index contributed by atoms with van der Waals surface area (Å²) in [6, 6.07) is 0. The number of halogens is 1. The van der Waals surface area contributed by atoms with E-state index in [1.807, 2.05) is 0 Å². The number of nitrogens with zero attached hydrogens (tertiary/aromatic N) is 2. The van der Waals surface area contributed by atoms with Crippen molar-refractivity contribution in [3.8, 4) is 0 Å². The van der Waals surface area contributed by atoms with Crippen molar-refractivity contribution in [3.05, 3.63) is 0 Å². The van der Waals surface area contributed by atoms with Gasteiger partial charge < -0.3 is 5.32 Å². The van der Waals surface area contributed by atoms with Gasteiger partial charge in [0.25, 0.3) is 0 Å². The lowest BCUT2D eigenvalue weighted by atomic mass is 9.97. The van der Waals surface area contributed by atoms with Crippen LogP contribution in [-0.2, 0) is 0 Å². The van der Waals surface area contributed by atoms with E-state index in [1.54, 1.807) is 0 Å². The van der Waals surface area contributed by atoms with Crippen molar-refractivity contribution in [3.63, 3.8) is 0 Å². The van der Waals surface area contributed by atoms with Gasteiger partial charge in [0, 0.05) is 12.5 Å². The summed E-state index contributed by atoms with van der Waals surface area (Å²) in [5.41, 5.74) is 0.0174. The largest absolute Gasteiger partial charge is 0.316 e. The molecule has 2 aliphatic rings. The Kier molecular flexibility index (Phi) is 1.97. The summed E-state index contributed by atoms with van der Waals surface area (Å²) >= 11 is 0. The van der Waals surface area contributed by atoms with Crippen LogP contribution in [0.3, 0.4) is 0 Å². The predicted molar refractivity (Wildman–Crippen MR) is 41.5 cm³/mol. The van der Waals surface area contributed by atoms with Gasteiger partial charge in [-0.3, -0.25) is 0 Å². The van der Waals surface area contributed by atoms with Crippen LogP contribution in [-0.4, -0.2) is 18.8 Å². The third-order valence-corrected chi connectivity index (χ3v) is 2.25. The van der Waals surface area contributed by atoms with E-state index in [4.69, 9.17) is 0 Å². The quantitative estimate of drug-likeness (QED) is 0.617. The molecule has 0 spiro atoms. The van der Waals surface area contributed by atoms with E-state index in [2.05, 4.69) is 22.5 Å². The van der Waals surface area contributed by atoms with Crippen LogP contribution in [0.15, 0.2) is 10.2 Å². The van der Waals surface area contributed by atoms with E-state index < -0.39 is 0 Å². The minimum Gasteiger partial charge on any atom is -0.316 e. The SMILES string of the molecule is CC1(C2CCNC2)N=N1.Cl. The van der Waals surface area contributed by atoms with Crippen molar-refractivity contribution < 1.29 is 0 Å². The Balaban J connectivity index is 0.000000500. The number of hydrogen-bond donors (Lipinski definition) is 1. The van der Waals surface area contributed by atoms with E-state index >= 15 is 0 Å². The van der Waals surface area contributed by atoms with Crippen LogP contribution in [0.5, 0.6) is 0 Å². The highest BCUT2D eigenvalue weighted by Crippen LogP contribution is 2.38. The zero-order valence-electron chi connectivity index (χ0n) is 6.00. The number of rotatable bonds is 1. The van der Waals surface area contributed by atoms with Gasteiger partial charge in [-0.1, -0.05) is 0 Å². The molecule has 10 heavy (non-hydrogen) atoms. The molecular weight excluding hydrogens is 150 g/mol. The Hall–Kier alpha value is -0.150. The first-order valence-corrected chi connectivity index (χ1v) is 3.46. The molecule has 0 radical (unpaired) electrons. The molecule has 1 N–H and O–H groups in total. The Morgan fingerprint density at radius 3 is 2.60 bits per heavy atom. The second kappa shape index (κ2) is 2.47. The Morgan fingerprint density at radius 2 is 2.20 bits per heavy atom. The van der Waals surface area contributed by atoms with Crippen LogP contribution in [0.25, 0.3) is 0 Å². The molecule has 4 heteroatoms. The molecule has 0 aliphatic carbocycles.